The molecule has 3 N–H and O–H groups in total. The molecule has 17 heteroatoms. The van der Waals surface area contributed by atoms with E-state index >= 15 is 0 Å². The molecule has 3 rings (SSSR count). The molecule has 0 radical (unpaired) electrons. The van der Waals surface area contributed by atoms with Crippen LogP contribution in [0.15, 0.2) is 29.6 Å². The van der Waals surface area contributed by atoms with Crippen molar-refractivity contribution in [3.05, 3.63) is 41.6 Å². The molecular weight excluding hydrogens is 527 g/mol. The van der Waals surface area contributed by atoms with Crippen LogP contribution >= 0.6 is 0 Å². The van der Waals surface area contributed by atoms with Gasteiger partial charge < -0.3 is 20.3 Å². The summed E-state index contributed by atoms with van der Waals surface area (Å²) in [6, 6.07) is 0.880. The molecule has 1 amide bonds. The number of carbonyl (C=O) groups excluding carboxylic acids is 1. The predicted molar refractivity (Wildman–Crippen MR) is 109 cm³/mol. The number of halogens is 7. The van der Waals surface area contributed by atoms with Crippen LogP contribution in [-0.4, -0.2) is 65.1 Å². The third-order valence-corrected chi connectivity index (χ3v) is 7.68. The average molecular weight is 547 g/mol. The van der Waals surface area contributed by atoms with Gasteiger partial charge in [0.1, 0.15) is 11.5 Å². The Bertz CT molecular complexity index is 1280. The van der Waals surface area contributed by atoms with E-state index in [4.69, 9.17) is 5.73 Å². The molecule has 2 heterocycles. The van der Waals surface area contributed by atoms with Crippen molar-refractivity contribution in [2.24, 2.45) is 12.8 Å². The van der Waals surface area contributed by atoms with E-state index in [1.54, 1.807) is 0 Å². The molecule has 0 spiro atoms. The van der Waals surface area contributed by atoms with Gasteiger partial charge in [0, 0.05) is 38.4 Å². The van der Waals surface area contributed by atoms with Gasteiger partial charge in [-0.05, 0) is 25.1 Å². The summed E-state index contributed by atoms with van der Waals surface area (Å²) in [6.07, 6.45) is -9.99. The summed E-state index contributed by atoms with van der Waals surface area (Å²) in [5, 5.41) is 8.92. The molecule has 36 heavy (non-hydrogen) atoms. The third kappa shape index (κ3) is 4.50. The molecule has 1 fully saturated rings. The van der Waals surface area contributed by atoms with Gasteiger partial charge >= 0.3 is 12.4 Å². The fourth-order valence-electron chi connectivity index (χ4n) is 4.04. The van der Waals surface area contributed by atoms with Gasteiger partial charge in [-0.15, -0.1) is 0 Å². The number of primary amides is 1. The lowest BCUT2D eigenvalue weighted by Gasteiger charge is -2.40. The lowest BCUT2D eigenvalue weighted by molar-refractivity contribution is -0.258. The highest BCUT2D eigenvalue weighted by atomic mass is 32.2. The first kappa shape index (κ1) is 27.7. The van der Waals surface area contributed by atoms with E-state index in [9.17, 15) is 49.1 Å². The Hall–Kier alpha value is -2.92. The summed E-state index contributed by atoms with van der Waals surface area (Å²) in [4.78, 5) is 16.3. The zero-order chi connectivity index (χ0) is 27.4. The van der Waals surface area contributed by atoms with Crippen molar-refractivity contribution in [1.29, 1.82) is 0 Å². The number of anilines is 1. The van der Waals surface area contributed by atoms with Crippen molar-refractivity contribution in [3.8, 4) is 0 Å². The van der Waals surface area contributed by atoms with Gasteiger partial charge in [-0.2, -0.15) is 30.6 Å². The Balaban J connectivity index is 2.01. The lowest BCUT2D eigenvalue weighted by Crippen LogP contribution is -2.56. The van der Waals surface area contributed by atoms with E-state index in [0.29, 0.717) is 21.3 Å². The van der Waals surface area contributed by atoms with Crippen LogP contribution in [0, 0.1) is 5.82 Å². The van der Waals surface area contributed by atoms with E-state index < -0.39 is 74.3 Å². The highest BCUT2D eigenvalue weighted by Gasteiger charge is 2.64. The number of aliphatic hydroxyl groups is 1. The minimum Gasteiger partial charge on any atom is -0.368 e. The largest absolute Gasteiger partial charge is 0.432 e. The number of hydrogen-bond donors (Lipinski definition) is 2. The van der Waals surface area contributed by atoms with Crippen molar-refractivity contribution in [3.63, 3.8) is 0 Å². The number of carbonyl (C=O) groups is 1. The van der Waals surface area contributed by atoms with Crippen LogP contribution in [0.4, 0.5) is 36.4 Å². The van der Waals surface area contributed by atoms with Crippen molar-refractivity contribution >= 4 is 21.6 Å². The van der Waals surface area contributed by atoms with Gasteiger partial charge in [0.2, 0.25) is 0 Å². The van der Waals surface area contributed by atoms with E-state index in [-0.39, 0.29) is 13.1 Å². The van der Waals surface area contributed by atoms with Crippen LogP contribution in [0.1, 0.15) is 18.2 Å². The van der Waals surface area contributed by atoms with E-state index in [1.165, 1.54) is 6.92 Å². The van der Waals surface area contributed by atoms with Gasteiger partial charge in [0.15, 0.2) is 5.03 Å². The number of alkyl halides is 6. The van der Waals surface area contributed by atoms with Crippen LogP contribution in [-0.2, 0) is 33.6 Å². The molecular formula is C19H20F7N5O4S. The molecule has 200 valence electrons. The van der Waals surface area contributed by atoms with Crippen molar-refractivity contribution in [2.75, 3.05) is 24.5 Å². The summed E-state index contributed by atoms with van der Waals surface area (Å²) in [5.74, 6) is -3.42. The van der Waals surface area contributed by atoms with Crippen LogP contribution in [0.2, 0.25) is 0 Å². The molecule has 1 aromatic heterocycles. The number of nitrogens with zero attached hydrogens (tertiary/aromatic N) is 4. The summed E-state index contributed by atoms with van der Waals surface area (Å²) in [7, 11) is -4.01. The number of sulfonamides is 1. The number of imidazole rings is 1. The van der Waals surface area contributed by atoms with Gasteiger partial charge in [-0.25, -0.2) is 17.8 Å². The van der Waals surface area contributed by atoms with Gasteiger partial charge in [-0.1, -0.05) is 0 Å². The summed E-state index contributed by atoms with van der Waals surface area (Å²) >= 11 is 0. The summed E-state index contributed by atoms with van der Waals surface area (Å²) in [5.41, 5.74) is -2.74. The average Bonchev–Trinajstić information content (AvgIpc) is 3.13. The quantitative estimate of drug-likeness (QED) is 0.550. The molecule has 2 unspecified atom stereocenters. The zero-order valence-electron chi connectivity index (χ0n) is 18.6. The van der Waals surface area contributed by atoms with E-state index in [0.717, 1.165) is 24.1 Å². The maximum absolute atomic E-state index is 13.7. The Morgan fingerprint density at radius 3 is 2.28 bits per heavy atom. The second kappa shape index (κ2) is 8.88. The maximum atomic E-state index is 13.7. The highest BCUT2D eigenvalue weighted by Crippen LogP contribution is 2.42. The number of aromatic nitrogens is 2. The molecule has 1 aromatic carbocycles. The van der Waals surface area contributed by atoms with Crippen LogP contribution in [0.3, 0.4) is 0 Å². The lowest BCUT2D eigenvalue weighted by atomic mass is 9.98. The van der Waals surface area contributed by atoms with Crippen molar-refractivity contribution < 1.29 is 49.1 Å². The second-order valence-corrected chi connectivity index (χ2v) is 9.96. The third-order valence-electron chi connectivity index (χ3n) is 5.74. The number of hydrogen-bond acceptors (Lipinski definition) is 6. The molecule has 1 aliphatic heterocycles. The molecule has 0 bridgehead atoms. The minimum absolute atomic E-state index is 0.297. The summed E-state index contributed by atoms with van der Waals surface area (Å²) in [6.45, 7) is 0.0810. The van der Waals surface area contributed by atoms with Crippen LogP contribution in [0.5, 0.6) is 0 Å². The first-order valence-corrected chi connectivity index (χ1v) is 11.5. The number of aryl methyl sites for hydroxylation is 1. The Morgan fingerprint density at radius 1 is 1.17 bits per heavy atom. The number of piperazine rings is 1. The smallest absolute Gasteiger partial charge is 0.368 e. The second-order valence-electron chi connectivity index (χ2n) is 8.15. The Kier molecular flexibility index (Phi) is 6.82. The van der Waals surface area contributed by atoms with E-state index in [2.05, 4.69) is 4.98 Å². The van der Waals surface area contributed by atoms with Crippen molar-refractivity contribution in [1.82, 2.24) is 13.9 Å². The predicted octanol–water partition coefficient (Wildman–Crippen LogP) is 1.71. The summed E-state index contributed by atoms with van der Waals surface area (Å²) < 4.78 is 123. The van der Waals surface area contributed by atoms with Gasteiger partial charge in [-0.3, -0.25) is 4.79 Å². The number of amides is 1. The van der Waals surface area contributed by atoms with Crippen molar-refractivity contribution in [2.45, 2.75) is 35.9 Å². The topological polar surface area (TPSA) is 122 Å². The minimum atomic E-state index is -5.71. The molecule has 1 aliphatic rings. The van der Waals surface area contributed by atoms with Crippen LogP contribution in [0.25, 0.3) is 0 Å². The first-order chi connectivity index (χ1) is 16.3. The molecule has 2 atom stereocenters. The van der Waals surface area contributed by atoms with Gasteiger partial charge in [0.25, 0.3) is 21.5 Å². The normalized spacial score (nSPS) is 19.8. The molecule has 2 aromatic rings. The standard InChI is InChI=1S/C19H20F7N5O4S/c1-10-8-30(13-4-3-11(20)7-12(13)18(21,22)23)5-6-31(10)36(34,35)15-14(29(2)9-28-15)17(33,16(27)32)19(24,25)26/h3-4,7,9-10,33H,5-6,8H2,1-2H3,(H2,27,32). The van der Waals surface area contributed by atoms with Gasteiger partial charge in [0.05, 0.1) is 11.9 Å². The fraction of sp³-hybridized carbons (Fsp3) is 0.474. The molecule has 0 aliphatic carbocycles. The Labute approximate surface area is 200 Å². The zero-order valence-corrected chi connectivity index (χ0v) is 19.4. The molecule has 1 saturated heterocycles. The number of benzene rings is 1. The highest BCUT2D eigenvalue weighted by molar-refractivity contribution is 7.89. The molecule has 9 nitrogen and oxygen atoms in total. The number of nitrogens with two attached hydrogens (primary N) is 1. The van der Waals surface area contributed by atoms with E-state index in [1.807, 2.05) is 0 Å². The maximum Gasteiger partial charge on any atom is 0.432 e. The fourth-order valence-corrected chi connectivity index (χ4v) is 5.84. The molecule has 0 saturated carbocycles. The van der Waals surface area contributed by atoms with Crippen LogP contribution < -0.4 is 10.6 Å². The Morgan fingerprint density at radius 2 is 1.78 bits per heavy atom. The number of rotatable bonds is 5. The SMILES string of the molecule is CC1CN(c2ccc(F)cc2C(F)(F)F)CCN1S(=O)(=O)c1ncn(C)c1C(O)(C(N)=O)C(F)(F)F. The first-order valence-electron chi connectivity index (χ1n) is 10.1. The monoisotopic (exact) mass is 547 g/mol.